The summed E-state index contributed by atoms with van der Waals surface area (Å²) in [5.74, 6) is -3.28. The van der Waals surface area contributed by atoms with Crippen LogP contribution in [0.25, 0.3) is 11.1 Å². The van der Waals surface area contributed by atoms with Gasteiger partial charge in [0.15, 0.2) is 0 Å². The molecule has 0 aliphatic carbocycles. The van der Waals surface area contributed by atoms with Crippen LogP contribution in [-0.2, 0) is 10.0 Å². The second-order valence-electron chi connectivity index (χ2n) is 6.73. The van der Waals surface area contributed by atoms with Gasteiger partial charge in [-0.1, -0.05) is 26.0 Å². The van der Waals surface area contributed by atoms with Gasteiger partial charge in [-0.05, 0) is 23.8 Å². The number of carboxylic acids is 1. The Balaban J connectivity index is 1.85. The van der Waals surface area contributed by atoms with E-state index in [2.05, 4.69) is 9.97 Å². The summed E-state index contributed by atoms with van der Waals surface area (Å²) < 4.78 is 54.8. The van der Waals surface area contributed by atoms with E-state index in [4.69, 9.17) is 5.11 Å². The molecule has 0 radical (unpaired) electrons. The van der Waals surface area contributed by atoms with Crippen molar-refractivity contribution in [2.45, 2.75) is 24.7 Å². The number of aromatic nitrogens is 2. The van der Waals surface area contributed by atoms with Crippen molar-refractivity contribution < 1.29 is 27.1 Å². The molecule has 0 atom stereocenters. The number of nitrogens with zero attached hydrogens (tertiary/aromatic N) is 2. The Morgan fingerprint density at radius 1 is 1.00 bits per heavy atom. The summed E-state index contributed by atoms with van der Waals surface area (Å²) >= 11 is 0. The molecule has 0 fully saturated rings. The number of halogens is 2. The minimum absolute atomic E-state index is 0.174. The van der Waals surface area contributed by atoms with Crippen molar-refractivity contribution in [3.63, 3.8) is 0 Å². The third-order valence-electron chi connectivity index (χ3n) is 4.22. The van der Waals surface area contributed by atoms with E-state index in [1.165, 1.54) is 24.3 Å². The minimum atomic E-state index is -4.24. The summed E-state index contributed by atoms with van der Waals surface area (Å²) in [5.41, 5.74) is -0.231. The number of aromatic carboxylic acids is 1. The summed E-state index contributed by atoms with van der Waals surface area (Å²) in [6.07, 6.45) is 3.26. The second kappa shape index (κ2) is 8.15. The summed E-state index contributed by atoms with van der Waals surface area (Å²) in [7, 11) is -4.24. The molecule has 2 N–H and O–H groups in total. The van der Waals surface area contributed by atoms with Crippen LogP contribution in [0.3, 0.4) is 0 Å². The van der Waals surface area contributed by atoms with Crippen molar-refractivity contribution >= 4 is 21.7 Å². The Morgan fingerprint density at radius 2 is 1.60 bits per heavy atom. The van der Waals surface area contributed by atoms with Crippen LogP contribution in [-0.4, -0.2) is 29.5 Å². The number of benzene rings is 2. The molecule has 3 rings (SSSR count). The molecule has 0 bridgehead atoms. The van der Waals surface area contributed by atoms with Gasteiger partial charge in [-0.25, -0.2) is 32.0 Å². The molecule has 0 unspecified atom stereocenters. The number of anilines is 1. The van der Waals surface area contributed by atoms with Crippen molar-refractivity contribution in [3.05, 3.63) is 71.8 Å². The molecule has 7 nitrogen and oxygen atoms in total. The van der Waals surface area contributed by atoms with E-state index < -0.39 is 38.9 Å². The lowest BCUT2D eigenvalue weighted by Gasteiger charge is -2.11. The summed E-state index contributed by atoms with van der Waals surface area (Å²) in [6.45, 7) is 3.93. The molecule has 0 saturated heterocycles. The topological polar surface area (TPSA) is 109 Å². The molecule has 1 heterocycles. The molecule has 0 spiro atoms. The molecule has 1 aromatic heterocycles. The largest absolute Gasteiger partial charge is 0.478 e. The molecular formula is C20H17F2N3O4S. The predicted molar refractivity (Wildman–Crippen MR) is 106 cm³/mol. The molecule has 0 saturated carbocycles. The van der Waals surface area contributed by atoms with E-state index in [1.807, 2.05) is 18.6 Å². The highest BCUT2D eigenvalue weighted by Gasteiger charge is 2.20. The highest BCUT2D eigenvalue weighted by molar-refractivity contribution is 7.92. The highest BCUT2D eigenvalue weighted by Crippen LogP contribution is 2.25. The van der Waals surface area contributed by atoms with Crippen LogP contribution < -0.4 is 4.72 Å². The molecule has 156 valence electrons. The Morgan fingerprint density at radius 3 is 2.13 bits per heavy atom. The van der Waals surface area contributed by atoms with Crippen LogP contribution in [0.4, 0.5) is 14.5 Å². The van der Waals surface area contributed by atoms with Crippen molar-refractivity contribution in [2.24, 2.45) is 0 Å². The van der Waals surface area contributed by atoms with Crippen LogP contribution in [0.5, 0.6) is 0 Å². The van der Waals surface area contributed by atoms with Gasteiger partial charge in [0.1, 0.15) is 17.5 Å². The number of carbonyl (C=O) groups is 1. The third-order valence-corrected chi connectivity index (χ3v) is 5.60. The van der Waals surface area contributed by atoms with E-state index in [0.29, 0.717) is 29.1 Å². The van der Waals surface area contributed by atoms with Crippen molar-refractivity contribution in [3.8, 4) is 11.1 Å². The zero-order valence-electron chi connectivity index (χ0n) is 15.9. The molecule has 0 aliphatic rings. The van der Waals surface area contributed by atoms with Gasteiger partial charge >= 0.3 is 5.97 Å². The van der Waals surface area contributed by atoms with Crippen LogP contribution in [0.1, 0.15) is 35.9 Å². The van der Waals surface area contributed by atoms with Gasteiger partial charge in [0, 0.05) is 29.9 Å². The van der Waals surface area contributed by atoms with Crippen LogP contribution >= 0.6 is 0 Å². The van der Waals surface area contributed by atoms with Crippen molar-refractivity contribution in [1.29, 1.82) is 0 Å². The maximum absolute atomic E-state index is 14.0. The van der Waals surface area contributed by atoms with Gasteiger partial charge < -0.3 is 5.11 Å². The Hall–Kier alpha value is -3.40. The van der Waals surface area contributed by atoms with Crippen LogP contribution in [0.2, 0.25) is 0 Å². The van der Waals surface area contributed by atoms with Gasteiger partial charge in [0.2, 0.25) is 0 Å². The standard InChI is InChI=1S/C20H17F2N3O4S/c1-11(2)19-23-9-13(10-24-19)12-3-5-14(6-4-12)30(28,29)25-18-8-16(21)15(20(26)27)7-17(18)22/h3-11,25H,1-2H3,(H,26,27). The molecule has 0 amide bonds. The quantitative estimate of drug-likeness (QED) is 0.607. The first-order valence-electron chi connectivity index (χ1n) is 8.76. The van der Waals surface area contributed by atoms with E-state index in [-0.39, 0.29) is 10.8 Å². The number of carboxylic acid groups (broad SMARTS) is 1. The van der Waals surface area contributed by atoms with Gasteiger partial charge in [-0.15, -0.1) is 0 Å². The lowest BCUT2D eigenvalue weighted by Crippen LogP contribution is -2.15. The Labute approximate surface area is 171 Å². The summed E-state index contributed by atoms with van der Waals surface area (Å²) in [4.78, 5) is 19.2. The fraction of sp³-hybridized carbons (Fsp3) is 0.150. The zero-order chi connectivity index (χ0) is 22.1. The van der Waals surface area contributed by atoms with E-state index in [1.54, 1.807) is 12.4 Å². The third kappa shape index (κ3) is 4.43. The number of hydrogen-bond donors (Lipinski definition) is 2. The molecule has 30 heavy (non-hydrogen) atoms. The van der Waals surface area contributed by atoms with E-state index in [0.717, 1.165) is 0 Å². The van der Waals surface area contributed by atoms with Gasteiger partial charge in [-0.3, -0.25) is 4.72 Å². The van der Waals surface area contributed by atoms with E-state index >= 15 is 0 Å². The monoisotopic (exact) mass is 433 g/mol. The molecule has 3 aromatic rings. The van der Waals surface area contributed by atoms with E-state index in [9.17, 15) is 22.0 Å². The average Bonchev–Trinajstić information content (AvgIpc) is 2.70. The Bertz CT molecular complexity index is 1200. The SMILES string of the molecule is CC(C)c1ncc(-c2ccc(S(=O)(=O)Nc3cc(F)c(C(=O)O)cc3F)cc2)cn1. The van der Waals surface area contributed by atoms with Gasteiger partial charge in [-0.2, -0.15) is 0 Å². The first kappa shape index (κ1) is 21.3. The molecular weight excluding hydrogens is 416 g/mol. The maximum Gasteiger partial charge on any atom is 0.338 e. The zero-order valence-corrected chi connectivity index (χ0v) is 16.7. The van der Waals surface area contributed by atoms with Gasteiger partial charge in [0.05, 0.1) is 16.1 Å². The molecule has 10 heteroatoms. The first-order valence-corrected chi connectivity index (χ1v) is 10.2. The smallest absolute Gasteiger partial charge is 0.338 e. The lowest BCUT2D eigenvalue weighted by atomic mass is 10.1. The van der Waals surface area contributed by atoms with Crippen LogP contribution in [0.15, 0.2) is 53.7 Å². The predicted octanol–water partition coefficient (Wildman–Crippen LogP) is 4.04. The lowest BCUT2D eigenvalue weighted by molar-refractivity contribution is 0.0691. The first-order chi connectivity index (χ1) is 14.1. The fourth-order valence-corrected chi connectivity index (χ4v) is 3.66. The normalized spacial score (nSPS) is 11.5. The fourth-order valence-electron chi connectivity index (χ4n) is 2.60. The van der Waals surface area contributed by atoms with Crippen molar-refractivity contribution in [1.82, 2.24) is 9.97 Å². The number of nitrogens with one attached hydrogen (secondary N) is 1. The average molecular weight is 433 g/mol. The molecule has 2 aromatic carbocycles. The summed E-state index contributed by atoms with van der Waals surface area (Å²) in [5, 5.41) is 8.80. The van der Waals surface area contributed by atoms with Crippen LogP contribution in [0, 0.1) is 11.6 Å². The number of hydrogen-bond acceptors (Lipinski definition) is 5. The van der Waals surface area contributed by atoms with Crippen molar-refractivity contribution in [2.75, 3.05) is 4.72 Å². The maximum atomic E-state index is 14.0. The highest BCUT2D eigenvalue weighted by atomic mass is 32.2. The number of rotatable bonds is 6. The van der Waals surface area contributed by atoms with Gasteiger partial charge in [0.25, 0.3) is 10.0 Å². The number of sulfonamides is 1. The Kier molecular flexibility index (Phi) is 5.79. The molecule has 0 aliphatic heterocycles. The summed E-state index contributed by atoms with van der Waals surface area (Å²) in [6, 6.07) is 6.57. The second-order valence-corrected chi connectivity index (χ2v) is 8.41. The minimum Gasteiger partial charge on any atom is -0.478 e.